The lowest BCUT2D eigenvalue weighted by atomic mass is 9.82. The predicted molar refractivity (Wildman–Crippen MR) is 282 cm³/mol. The third-order valence-electron chi connectivity index (χ3n) is 13.8. The van der Waals surface area contributed by atoms with Crippen molar-refractivity contribution in [3.05, 3.63) is 243 Å². The fraction of sp³-hybridized carbons (Fsp3) is 0. The second-order valence-corrected chi connectivity index (χ2v) is 17.6. The summed E-state index contributed by atoms with van der Waals surface area (Å²) in [5.41, 5.74) is 13.1. The Hall–Kier alpha value is -9.12. The van der Waals surface area contributed by atoms with E-state index in [4.69, 9.17) is 9.47 Å². The van der Waals surface area contributed by atoms with E-state index in [9.17, 15) is 0 Å². The molecule has 0 amide bonds. The zero-order valence-corrected chi connectivity index (χ0v) is 36.8. The van der Waals surface area contributed by atoms with Crippen LogP contribution in [0.15, 0.2) is 243 Å². The van der Waals surface area contributed by atoms with E-state index in [0.717, 1.165) is 84.2 Å². The maximum Gasteiger partial charge on any atom is 0.151 e. The first-order valence-corrected chi connectivity index (χ1v) is 23.2. The van der Waals surface area contributed by atoms with Crippen molar-refractivity contribution in [3.63, 3.8) is 0 Å². The molecule has 0 N–H and O–H groups in total. The lowest BCUT2D eigenvalue weighted by Gasteiger charge is -2.34. The van der Waals surface area contributed by atoms with Gasteiger partial charge < -0.3 is 19.3 Å². The molecule has 0 fully saturated rings. The van der Waals surface area contributed by atoms with Gasteiger partial charge in [0.2, 0.25) is 0 Å². The third kappa shape index (κ3) is 5.94. The molecular formula is C64H40N2O2. The van der Waals surface area contributed by atoms with E-state index in [1.54, 1.807) is 0 Å². The van der Waals surface area contributed by atoms with Gasteiger partial charge in [-0.3, -0.25) is 0 Å². The second kappa shape index (κ2) is 15.2. The van der Waals surface area contributed by atoms with Gasteiger partial charge in [-0.15, -0.1) is 0 Å². The zero-order chi connectivity index (χ0) is 44.7. The Labute approximate surface area is 393 Å². The lowest BCUT2D eigenvalue weighted by molar-refractivity contribution is 0.477. The first-order chi connectivity index (χ1) is 33.7. The summed E-state index contributed by atoms with van der Waals surface area (Å²) in [6, 6.07) is 87.4. The molecule has 0 radical (unpaired) electrons. The summed E-state index contributed by atoms with van der Waals surface area (Å²) in [5, 5.41) is 9.42. The lowest BCUT2D eigenvalue weighted by Crippen LogP contribution is -2.16. The van der Waals surface area contributed by atoms with Gasteiger partial charge in [0.1, 0.15) is 0 Å². The smallest absolute Gasteiger partial charge is 0.151 e. The molecule has 0 aliphatic carbocycles. The van der Waals surface area contributed by atoms with E-state index < -0.39 is 0 Å². The van der Waals surface area contributed by atoms with Crippen LogP contribution < -0.4 is 19.3 Å². The number of hydrogen-bond acceptors (Lipinski definition) is 4. The van der Waals surface area contributed by atoms with Gasteiger partial charge in [0.05, 0.1) is 22.7 Å². The van der Waals surface area contributed by atoms with Crippen LogP contribution in [0.2, 0.25) is 0 Å². The standard InChI is InChI=1S/C64H40N2O2/c1-2-17-42(18-3-1)51-37-43-20-4-5-21-44(43)38-52(51)64-50-36-34-45(65-55-25-8-12-29-59(55)67-60-30-13-9-26-56(60)65)39-53(50)63(48-24-16-22-41-19-6-7-23-47(41)48)49-35-33-46(40-54(49)64)66-57-27-10-14-31-61(57)68-62-32-15-11-28-58(62)66/h1-40H. The van der Waals surface area contributed by atoms with Crippen LogP contribution >= 0.6 is 0 Å². The van der Waals surface area contributed by atoms with E-state index in [0.29, 0.717) is 0 Å². The molecule has 0 unspecified atom stereocenters. The number of hydrogen-bond donors (Lipinski definition) is 0. The Balaban J connectivity index is 1.15. The van der Waals surface area contributed by atoms with Crippen LogP contribution in [0.4, 0.5) is 34.1 Å². The average molecular weight is 869 g/mol. The van der Waals surface area contributed by atoms with Crippen molar-refractivity contribution in [3.8, 4) is 56.4 Å². The SMILES string of the molecule is c1ccc(-c2cc3ccccc3cc2-c2c3cc(N4c5ccccc5Oc5ccccc54)ccc3c(-c3cccc4ccccc34)c3cc(N4c5ccccc5Oc5ccccc54)ccc23)cc1. The van der Waals surface area contributed by atoms with E-state index in [1.165, 1.54) is 49.4 Å². The summed E-state index contributed by atoms with van der Waals surface area (Å²) in [6.07, 6.45) is 0. The monoisotopic (exact) mass is 868 g/mol. The quantitative estimate of drug-likeness (QED) is 0.161. The Kier molecular flexibility index (Phi) is 8.55. The maximum atomic E-state index is 6.54. The van der Waals surface area contributed by atoms with Gasteiger partial charge in [0.25, 0.3) is 0 Å². The molecule has 2 aliphatic rings. The number of benzene rings is 12. The Morgan fingerprint density at radius 1 is 0.250 bits per heavy atom. The first-order valence-electron chi connectivity index (χ1n) is 23.2. The summed E-state index contributed by atoms with van der Waals surface area (Å²) in [4.78, 5) is 4.71. The molecule has 0 saturated carbocycles. The summed E-state index contributed by atoms with van der Waals surface area (Å²) >= 11 is 0. The van der Waals surface area contributed by atoms with E-state index in [-0.39, 0.29) is 0 Å². The summed E-state index contributed by atoms with van der Waals surface area (Å²) in [6.45, 7) is 0. The summed E-state index contributed by atoms with van der Waals surface area (Å²) in [5.74, 6) is 3.28. The highest BCUT2D eigenvalue weighted by Crippen LogP contribution is 2.55. The van der Waals surface area contributed by atoms with Crippen LogP contribution in [-0.4, -0.2) is 0 Å². The van der Waals surface area contributed by atoms with Gasteiger partial charge in [-0.25, -0.2) is 0 Å². The minimum Gasteiger partial charge on any atom is -0.453 e. The fourth-order valence-electron chi connectivity index (χ4n) is 10.8. The number of para-hydroxylation sites is 8. The maximum absolute atomic E-state index is 6.54. The van der Waals surface area contributed by atoms with Crippen LogP contribution in [-0.2, 0) is 0 Å². The third-order valence-corrected chi connectivity index (χ3v) is 13.8. The first kappa shape index (κ1) is 38.2. The van der Waals surface area contributed by atoms with Gasteiger partial charge in [-0.05, 0) is 161 Å². The minimum atomic E-state index is 0.821. The molecule has 2 heterocycles. The van der Waals surface area contributed by atoms with Crippen molar-refractivity contribution < 1.29 is 9.47 Å². The molecule has 4 nitrogen and oxygen atoms in total. The number of rotatable bonds is 5. The average Bonchev–Trinajstić information content (AvgIpc) is 3.40. The topological polar surface area (TPSA) is 24.9 Å². The number of ether oxygens (including phenoxy) is 2. The normalized spacial score (nSPS) is 12.6. The Morgan fingerprint density at radius 2 is 0.662 bits per heavy atom. The van der Waals surface area contributed by atoms with Crippen LogP contribution in [0.5, 0.6) is 23.0 Å². The van der Waals surface area contributed by atoms with Crippen molar-refractivity contribution in [1.82, 2.24) is 0 Å². The number of anilines is 6. The van der Waals surface area contributed by atoms with Crippen LogP contribution in [0.1, 0.15) is 0 Å². The van der Waals surface area contributed by atoms with Crippen molar-refractivity contribution in [2.24, 2.45) is 0 Å². The molecule has 0 spiro atoms. The van der Waals surface area contributed by atoms with E-state index in [2.05, 4.69) is 228 Å². The molecule has 2 aliphatic heterocycles. The number of fused-ring (bicyclic) bond motifs is 8. The molecule has 0 atom stereocenters. The summed E-state index contributed by atoms with van der Waals surface area (Å²) < 4.78 is 13.1. The Bertz CT molecular complexity index is 3910. The van der Waals surface area contributed by atoms with Crippen LogP contribution in [0, 0.1) is 0 Å². The molecule has 0 aromatic heterocycles. The van der Waals surface area contributed by atoms with Crippen molar-refractivity contribution in [2.75, 3.05) is 9.80 Å². The predicted octanol–water partition coefficient (Wildman–Crippen LogP) is 18.5. The number of nitrogens with zero attached hydrogens (tertiary/aromatic N) is 2. The van der Waals surface area contributed by atoms with Crippen molar-refractivity contribution >= 4 is 77.2 Å². The molecule has 12 aromatic carbocycles. The van der Waals surface area contributed by atoms with Crippen molar-refractivity contribution in [2.45, 2.75) is 0 Å². The molecule has 12 aromatic rings. The molecule has 4 heteroatoms. The van der Waals surface area contributed by atoms with Gasteiger partial charge >= 0.3 is 0 Å². The molecule has 0 bridgehead atoms. The molecule has 68 heavy (non-hydrogen) atoms. The molecule has 14 rings (SSSR count). The van der Waals surface area contributed by atoms with Gasteiger partial charge in [0, 0.05) is 11.4 Å². The van der Waals surface area contributed by atoms with Crippen LogP contribution in [0.3, 0.4) is 0 Å². The highest BCUT2D eigenvalue weighted by atomic mass is 16.5. The van der Waals surface area contributed by atoms with E-state index >= 15 is 0 Å². The minimum absolute atomic E-state index is 0.821. The highest BCUT2D eigenvalue weighted by Gasteiger charge is 2.30. The highest BCUT2D eigenvalue weighted by molar-refractivity contribution is 6.26. The molecule has 318 valence electrons. The summed E-state index contributed by atoms with van der Waals surface area (Å²) in [7, 11) is 0. The van der Waals surface area contributed by atoms with Gasteiger partial charge in [0.15, 0.2) is 23.0 Å². The van der Waals surface area contributed by atoms with Crippen molar-refractivity contribution in [1.29, 1.82) is 0 Å². The zero-order valence-electron chi connectivity index (χ0n) is 36.8. The van der Waals surface area contributed by atoms with Gasteiger partial charge in [-0.1, -0.05) is 158 Å². The largest absolute Gasteiger partial charge is 0.453 e. The second-order valence-electron chi connectivity index (χ2n) is 17.6. The molecule has 0 saturated heterocycles. The van der Waals surface area contributed by atoms with Gasteiger partial charge in [-0.2, -0.15) is 0 Å². The van der Waals surface area contributed by atoms with Crippen LogP contribution in [0.25, 0.3) is 76.5 Å². The fourth-order valence-corrected chi connectivity index (χ4v) is 10.8. The molecular weight excluding hydrogens is 829 g/mol. The van der Waals surface area contributed by atoms with E-state index in [1.807, 2.05) is 24.3 Å². The Morgan fingerprint density at radius 3 is 1.19 bits per heavy atom.